The number of ketones is 1. The molecule has 104 valence electrons. The van der Waals surface area contributed by atoms with Crippen LogP contribution in [0.15, 0.2) is 24.4 Å². The number of hydrogen-bond donors (Lipinski definition) is 0. The average molecular weight is 275 g/mol. The highest BCUT2D eigenvalue weighted by molar-refractivity contribution is 5.95. The van der Waals surface area contributed by atoms with E-state index in [4.69, 9.17) is 9.47 Å². The van der Waals surface area contributed by atoms with Gasteiger partial charge in [-0.05, 0) is 13.3 Å². The summed E-state index contributed by atoms with van der Waals surface area (Å²) in [6, 6.07) is 1.41. The Morgan fingerprint density at radius 2 is 1.90 bits per heavy atom. The minimum Gasteiger partial charge on any atom is -0.419 e. The van der Waals surface area contributed by atoms with Crippen molar-refractivity contribution in [3.05, 3.63) is 30.1 Å². The molecule has 0 radical (unpaired) electrons. The van der Waals surface area contributed by atoms with Crippen molar-refractivity contribution in [2.45, 2.75) is 26.2 Å². The molecule has 1 aromatic heterocycles. The fraction of sp³-hybridized carbons (Fsp3) is 0.286. The number of Topliss-reactive ketones (excluding diaryl/α,β-unsaturated/α-hetero) is 1. The normalized spacial score (nSPS) is 17.1. The van der Waals surface area contributed by atoms with Crippen molar-refractivity contribution in [2.24, 2.45) is 0 Å². The molecule has 6 nitrogen and oxygen atoms in total. The molecule has 1 unspecified atom stereocenters. The summed E-state index contributed by atoms with van der Waals surface area (Å²) in [7, 11) is 0. The first kappa shape index (κ1) is 13.9. The summed E-state index contributed by atoms with van der Waals surface area (Å²) >= 11 is 0. The van der Waals surface area contributed by atoms with E-state index in [-0.39, 0.29) is 17.3 Å². The Morgan fingerprint density at radius 3 is 2.50 bits per heavy atom. The van der Waals surface area contributed by atoms with Crippen LogP contribution in [0.2, 0.25) is 0 Å². The first-order chi connectivity index (χ1) is 9.52. The lowest BCUT2D eigenvalue weighted by molar-refractivity contribution is -0.133. The number of nitrogens with zero attached hydrogens (tertiary/aromatic N) is 1. The van der Waals surface area contributed by atoms with Crippen LogP contribution in [0.25, 0.3) is 0 Å². The molecule has 2 rings (SSSR count). The summed E-state index contributed by atoms with van der Waals surface area (Å²) in [6.07, 6.45) is 3.86. The second-order valence-electron chi connectivity index (χ2n) is 4.27. The van der Waals surface area contributed by atoms with E-state index in [0.717, 1.165) is 12.2 Å². The predicted octanol–water partition coefficient (Wildman–Crippen LogP) is 1.54. The summed E-state index contributed by atoms with van der Waals surface area (Å²) in [5, 5.41) is 0. The number of fused-ring (bicyclic) bond motifs is 1. The third-order valence-corrected chi connectivity index (χ3v) is 2.89. The van der Waals surface area contributed by atoms with Crippen molar-refractivity contribution in [3.63, 3.8) is 0 Å². The van der Waals surface area contributed by atoms with Gasteiger partial charge in [-0.1, -0.05) is 6.92 Å². The van der Waals surface area contributed by atoms with E-state index in [1.165, 1.54) is 19.2 Å². The van der Waals surface area contributed by atoms with Crippen molar-refractivity contribution in [2.75, 3.05) is 0 Å². The maximum absolute atomic E-state index is 11.7. The molecule has 20 heavy (non-hydrogen) atoms. The molecule has 0 amide bonds. The Morgan fingerprint density at radius 1 is 1.25 bits per heavy atom. The Balaban J connectivity index is 2.55. The zero-order valence-electron chi connectivity index (χ0n) is 11.1. The highest BCUT2D eigenvalue weighted by Gasteiger charge is 2.26. The Bertz CT molecular complexity index is 606. The molecule has 0 fully saturated rings. The number of rotatable bonds is 3. The molecule has 6 heteroatoms. The number of ether oxygens (including phenoxy) is 2. The second kappa shape index (κ2) is 5.64. The number of pyridine rings is 1. The van der Waals surface area contributed by atoms with Gasteiger partial charge >= 0.3 is 11.9 Å². The molecule has 0 aliphatic carbocycles. The average Bonchev–Trinajstić information content (AvgIpc) is 2.38. The Labute approximate surface area is 115 Å². The number of aromatic nitrogens is 1. The summed E-state index contributed by atoms with van der Waals surface area (Å²) in [5.74, 6) is -1.91. The molecular weight excluding hydrogens is 262 g/mol. The fourth-order valence-corrected chi connectivity index (χ4v) is 1.96. The first-order valence-electron chi connectivity index (χ1n) is 6.14. The van der Waals surface area contributed by atoms with Crippen LogP contribution in [0, 0.1) is 0 Å². The molecule has 0 bridgehead atoms. The van der Waals surface area contributed by atoms with E-state index in [0.29, 0.717) is 12.1 Å². The van der Waals surface area contributed by atoms with Crippen molar-refractivity contribution < 1.29 is 23.9 Å². The number of carbonyl (C=O) groups is 3. The van der Waals surface area contributed by atoms with Crippen LogP contribution in [-0.2, 0) is 14.4 Å². The third kappa shape index (κ3) is 2.74. The predicted molar refractivity (Wildman–Crippen MR) is 68.4 cm³/mol. The van der Waals surface area contributed by atoms with Gasteiger partial charge in [-0.3, -0.25) is 9.78 Å². The molecule has 0 spiro atoms. The van der Waals surface area contributed by atoms with Gasteiger partial charge in [0.2, 0.25) is 0 Å². The van der Waals surface area contributed by atoms with Gasteiger partial charge in [-0.25, -0.2) is 9.59 Å². The van der Waals surface area contributed by atoms with Gasteiger partial charge in [0.05, 0.1) is 11.6 Å². The van der Waals surface area contributed by atoms with Gasteiger partial charge < -0.3 is 9.47 Å². The molecule has 0 N–H and O–H groups in total. The summed E-state index contributed by atoms with van der Waals surface area (Å²) < 4.78 is 10.2. The van der Waals surface area contributed by atoms with Crippen molar-refractivity contribution in [3.8, 4) is 11.5 Å². The molecule has 1 aromatic rings. The molecule has 1 aliphatic rings. The van der Waals surface area contributed by atoms with Crippen LogP contribution in [-0.4, -0.2) is 22.7 Å². The molecule has 2 heterocycles. The lowest BCUT2D eigenvalue weighted by Gasteiger charge is -2.18. The second-order valence-corrected chi connectivity index (χ2v) is 4.27. The topological polar surface area (TPSA) is 82.6 Å². The van der Waals surface area contributed by atoms with Crippen LogP contribution in [0.3, 0.4) is 0 Å². The molecule has 0 aromatic carbocycles. The maximum atomic E-state index is 11.7. The van der Waals surface area contributed by atoms with Crippen molar-refractivity contribution in [1.82, 2.24) is 4.98 Å². The van der Waals surface area contributed by atoms with E-state index >= 15 is 0 Å². The summed E-state index contributed by atoms with van der Waals surface area (Å²) in [5.41, 5.74) is 0.300. The van der Waals surface area contributed by atoms with Crippen LogP contribution < -0.4 is 9.47 Å². The Kier molecular flexibility index (Phi) is 3.93. The third-order valence-electron chi connectivity index (χ3n) is 2.89. The van der Waals surface area contributed by atoms with Crippen LogP contribution in [0.1, 0.15) is 31.9 Å². The highest BCUT2D eigenvalue weighted by Crippen LogP contribution is 2.36. The van der Waals surface area contributed by atoms with E-state index in [1.807, 2.05) is 6.92 Å². The van der Waals surface area contributed by atoms with Gasteiger partial charge in [0.1, 0.15) is 5.78 Å². The molecular formula is C14H13NO5. The van der Waals surface area contributed by atoms with E-state index in [9.17, 15) is 14.4 Å². The quantitative estimate of drug-likeness (QED) is 0.778. The smallest absolute Gasteiger partial charge is 0.336 e. The highest BCUT2D eigenvalue weighted by atomic mass is 16.6. The fourth-order valence-electron chi connectivity index (χ4n) is 1.96. The maximum Gasteiger partial charge on any atom is 0.336 e. The van der Waals surface area contributed by atoms with Gasteiger partial charge in [0.15, 0.2) is 11.5 Å². The van der Waals surface area contributed by atoms with Crippen LogP contribution in [0.4, 0.5) is 0 Å². The standard InChI is InChI=1S/C14H13NO5/c1-3-9(8(2)16)13-14-10(6-7-15-13)19-11(17)4-5-12(18)20-14/h4-7,9H,3H2,1-2H3/b5-4-. The van der Waals surface area contributed by atoms with E-state index in [2.05, 4.69) is 4.98 Å². The summed E-state index contributed by atoms with van der Waals surface area (Å²) in [4.78, 5) is 38.7. The number of hydrogen-bond acceptors (Lipinski definition) is 6. The molecule has 0 saturated carbocycles. The largest absolute Gasteiger partial charge is 0.419 e. The minimum atomic E-state index is -0.712. The monoisotopic (exact) mass is 275 g/mol. The molecule has 1 atom stereocenters. The van der Waals surface area contributed by atoms with Crippen molar-refractivity contribution >= 4 is 17.7 Å². The van der Waals surface area contributed by atoms with Gasteiger partial charge in [0.25, 0.3) is 0 Å². The van der Waals surface area contributed by atoms with Gasteiger partial charge in [-0.15, -0.1) is 0 Å². The molecule has 1 aliphatic heterocycles. The SMILES string of the molecule is CCC(C(C)=O)c1nccc2c1OC(=O)/C=C\C(=O)O2. The van der Waals surface area contributed by atoms with Gasteiger partial charge in [0, 0.05) is 24.4 Å². The van der Waals surface area contributed by atoms with E-state index < -0.39 is 17.9 Å². The first-order valence-corrected chi connectivity index (χ1v) is 6.14. The van der Waals surface area contributed by atoms with Crippen molar-refractivity contribution in [1.29, 1.82) is 0 Å². The van der Waals surface area contributed by atoms with Gasteiger partial charge in [-0.2, -0.15) is 0 Å². The number of carbonyl (C=O) groups excluding carboxylic acids is 3. The number of esters is 2. The lowest BCUT2D eigenvalue weighted by atomic mass is 9.96. The van der Waals surface area contributed by atoms with E-state index in [1.54, 1.807) is 0 Å². The zero-order chi connectivity index (χ0) is 14.7. The van der Waals surface area contributed by atoms with Crippen LogP contribution in [0.5, 0.6) is 11.5 Å². The minimum absolute atomic E-state index is 0.0252. The Hall–Kier alpha value is -2.50. The van der Waals surface area contributed by atoms with Crippen LogP contribution >= 0.6 is 0 Å². The zero-order valence-corrected chi connectivity index (χ0v) is 11.1. The lowest BCUT2D eigenvalue weighted by Crippen LogP contribution is -2.18. The summed E-state index contributed by atoms with van der Waals surface area (Å²) in [6.45, 7) is 3.26. The molecule has 0 saturated heterocycles.